The van der Waals surface area contributed by atoms with Gasteiger partial charge in [-0.1, -0.05) is 25.1 Å². The number of nitrogens with zero attached hydrogens (tertiary/aromatic N) is 3. The van der Waals surface area contributed by atoms with Gasteiger partial charge in [0.25, 0.3) is 0 Å². The smallest absolute Gasteiger partial charge is 0.229 e. The molecular formula is C14H18ClN3O. The molecule has 0 unspecified atom stereocenters. The number of methoxy groups -OCH3 is 1. The van der Waals surface area contributed by atoms with Crippen molar-refractivity contribution >= 4 is 11.6 Å². The fraction of sp³-hybridized carbons (Fsp3) is 0.429. The molecule has 0 N–H and O–H groups in total. The molecule has 0 saturated heterocycles. The third-order valence-electron chi connectivity index (χ3n) is 2.97. The van der Waals surface area contributed by atoms with Crippen LogP contribution in [0, 0.1) is 0 Å². The van der Waals surface area contributed by atoms with Crippen molar-refractivity contribution in [3.63, 3.8) is 0 Å². The lowest BCUT2D eigenvalue weighted by Gasteiger charge is -2.12. The molecule has 0 aliphatic rings. The van der Waals surface area contributed by atoms with E-state index in [4.69, 9.17) is 16.3 Å². The second-order valence-electron chi connectivity index (χ2n) is 4.34. The largest absolute Gasteiger partial charge is 0.384 e. The average molecular weight is 280 g/mol. The van der Waals surface area contributed by atoms with Gasteiger partial charge in [0.15, 0.2) is 0 Å². The summed E-state index contributed by atoms with van der Waals surface area (Å²) in [6, 6.07) is 8.14. The summed E-state index contributed by atoms with van der Waals surface area (Å²) in [7, 11) is 1.71. The Morgan fingerprint density at radius 3 is 2.74 bits per heavy atom. The van der Waals surface area contributed by atoms with Crippen LogP contribution in [0.2, 0.25) is 5.28 Å². The summed E-state index contributed by atoms with van der Waals surface area (Å²) in [6.45, 7) is 2.80. The van der Waals surface area contributed by atoms with Gasteiger partial charge in [-0.25, -0.2) is 0 Å². The zero-order valence-corrected chi connectivity index (χ0v) is 12.0. The number of halogens is 1. The number of hydrogen-bond donors (Lipinski definition) is 0. The first-order chi connectivity index (χ1) is 9.27. The Morgan fingerprint density at radius 2 is 2.00 bits per heavy atom. The number of rotatable bonds is 6. The highest BCUT2D eigenvalue weighted by Crippen LogP contribution is 2.22. The van der Waals surface area contributed by atoms with Crippen molar-refractivity contribution in [2.45, 2.75) is 26.2 Å². The highest BCUT2D eigenvalue weighted by Gasteiger charge is 2.14. The van der Waals surface area contributed by atoms with Gasteiger partial charge in [0.1, 0.15) is 5.82 Å². The molecule has 0 fully saturated rings. The maximum atomic E-state index is 6.18. The van der Waals surface area contributed by atoms with E-state index in [0.717, 1.165) is 30.8 Å². The topological polar surface area (TPSA) is 39.9 Å². The molecule has 1 heterocycles. The van der Waals surface area contributed by atoms with E-state index in [2.05, 4.69) is 23.2 Å². The highest BCUT2D eigenvalue weighted by atomic mass is 35.5. The summed E-state index contributed by atoms with van der Waals surface area (Å²) >= 11 is 6.18. The van der Waals surface area contributed by atoms with E-state index in [0.29, 0.717) is 11.9 Å². The third kappa shape index (κ3) is 3.14. The summed E-state index contributed by atoms with van der Waals surface area (Å²) < 4.78 is 7.08. The van der Waals surface area contributed by atoms with Crippen LogP contribution in [-0.4, -0.2) is 28.5 Å². The lowest BCUT2D eigenvalue weighted by Crippen LogP contribution is -2.06. The Hall–Kier alpha value is -1.39. The second kappa shape index (κ2) is 6.68. The number of para-hydroxylation sites is 1. The lowest BCUT2D eigenvalue weighted by atomic mass is 10.1. The monoisotopic (exact) mass is 279 g/mol. The molecule has 0 radical (unpaired) electrons. The van der Waals surface area contributed by atoms with E-state index < -0.39 is 0 Å². The fourth-order valence-corrected chi connectivity index (χ4v) is 2.30. The van der Waals surface area contributed by atoms with Crippen LogP contribution in [-0.2, 0) is 17.6 Å². The molecule has 0 saturated carbocycles. The van der Waals surface area contributed by atoms with E-state index in [9.17, 15) is 0 Å². The van der Waals surface area contributed by atoms with Crippen LogP contribution in [0.1, 0.15) is 24.7 Å². The predicted octanol–water partition coefficient (Wildman–Crippen LogP) is 3.06. The van der Waals surface area contributed by atoms with Gasteiger partial charge in [0.2, 0.25) is 5.28 Å². The van der Waals surface area contributed by atoms with Crippen molar-refractivity contribution in [3.8, 4) is 5.69 Å². The van der Waals surface area contributed by atoms with Crippen LogP contribution in [0.25, 0.3) is 5.69 Å². The Kier molecular flexibility index (Phi) is 4.93. The predicted molar refractivity (Wildman–Crippen MR) is 75.9 cm³/mol. The first-order valence-corrected chi connectivity index (χ1v) is 6.82. The molecule has 1 aromatic heterocycles. The molecule has 0 aliphatic heterocycles. The Morgan fingerprint density at radius 1 is 1.21 bits per heavy atom. The molecule has 0 atom stereocenters. The maximum absolute atomic E-state index is 6.18. The summed E-state index contributed by atoms with van der Waals surface area (Å²) in [6.07, 6.45) is 2.71. The zero-order chi connectivity index (χ0) is 13.7. The van der Waals surface area contributed by atoms with Gasteiger partial charge >= 0.3 is 0 Å². The fourth-order valence-electron chi connectivity index (χ4n) is 2.07. The minimum Gasteiger partial charge on any atom is -0.384 e. The SMILES string of the molecule is CCCc1nnc(Cl)n1-c1ccccc1CCOC. The van der Waals surface area contributed by atoms with E-state index >= 15 is 0 Å². The second-order valence-corrected chi connectivity index (χ2v) is 4.68. The third-order valence-corrected chi connectivity index (χ3v) is 3.22. The van der Waals surface area contributed by atoms with Gasteiger partial charge in [0.05, 0.1) is 12.3 Å². The van der Waals surface area contributed by atoms with Crippen LogP contribution in [0.4, 0.5) is 0 Å². The maximum Gasteiger partial charge on any atom is 0.229 e. The molecule has 5 heteroatoms. The van der Waals surface area contributed by atoms with Crippen molar-refractivity contribution < 1.29 is 4.74 Å². The molecule has 1 aromatic carbocycles. The summed E-state index contributed by atoms with van der Waals surface area (Å²) in [5, 5.41) is 8.54. The number of aryl methyl sites for hydroxylation is 1. The van der Waals surface area contributed by atoms with Crippen LogP contribution in [0.15, 0.2) is 24.3 Å². The molecule has 19 heavy (non-hydrogen) atoms. The average Bonchev–Trinajstić information content (AvgIpc) is 2.78. The Balaban J connectivity index is 2.43. The van der Waals surface area contributed by atoms with Gasteiger partial charge in [0, 0.05) is 13.5 Å². The highest BCUT2D eigenvalue weighted by molar-refractivity contribution is 6.28. The van der Waals surface area contributed by atoms with Crippen molar-refractivity contribution in [1.29, 1.82) is 0 Å². The van der Waals surface area contributed by atoms with E-state index in [1.165, 1.54) is 5.56 Å². The molecule has 4 nitrogen and oxygen atoms in total. The van der Waals surface area contributed by atoms with Crippen LogP contribution < -0.4 is 0 Å². The van der Waals surface area contributed by atoms with E-state index in [1.807, 2.05) is 22.8 Å². The van der Waals surface area contributed by atoms with Crippen molar-refractivity contribution in [3.05, 3.63) is 40.9 Å². The van der Waals surface area contributed by atoms with Crippen molar-refractivity contribution in [2.75, 3.05) is 13.7 Å². The Labute approximate surface area is 118 Å². The minimum atomic E-state index is 0.410. The number of aromatic nitrogens is 3. The summed E-state index contributed by atoms with van der Waals surface area (Å²) in [4.78, 5) is 0. The normalized spacial score (nSPS) is 10.9. The molecule has 102 valence electrons. The zero-order valence-electron chi connectivity index (χ0n) is 11.3. The lowest BCUT2D eigenvalue weighted by molar-refractivity contribution is 0.202. The number of ether oxygens (including phenoxy) is 1. The van der Waals surface area contributed by atoms with Gasteiger partial charge in [-0.05, 0) is 36.1 Å². The molecule has 2 aromatic rings. The van der Waals surface area contributed by atoms with Gasteiger partial charge in [-0.3, -0.25) is 4.57 Å². The van der Waals surface area contributed by atoms with Gasteiger partial charge in [-0.2, -0.15) is 0 Å². The molecule has 2 rings (SSSR count). The molecular weight excluding hydrogens is 262 g/mol. The molecule has 0 amide bonds. The van der Waals surface area contributed by atoms with Gasteiger partial charge in [-0.15, -0.1) is 10.2 Å². The first-order valence-electron chi connectivity index (χ1n) is 6.45. The molecule has 0 aliphatic carbocycles. The molecule has 0 bridgehead atoms. The van der Waals surface area contributed by atoms with Crippen molar-refractivity contribution in [2.24, 2.45) is 0 Å². The first kappa shape index (κ1) is 14.0. The standard InChI is InChI=1S/C14H18ClN3O/c1-3-6-13-16-17-14(15)18(13)12-8-5-4-7-11(12)9-10-19-2/h4-5,7-8H,3,6,9-10H2,1-2H3. The molecule has 0 spiro atoms. The summed E-state index contributed by atoms with van der Waals surface area (Å²) in [5.74, 6) is 0.900. The number of benzene rings is 1. The van der Waals surface area contributed by atoms with E-state index in [-0.39, 0.29) is 0 Å². The minimum absolute atomic E-state index is 0.410. The quantitative estimate of drug-likeness (QED) is 0.816. The van der Waals surface area contributed by atoms with Gasteiger partial charge < -0.3 is 4.74 Å². The Bertz CT molecular complexity index is 539. The van der Waals surface area contributed by atoms with Crippen LogP contribution in [0.3, 0.4) is 0 Å². The van der Waals surface area contributed by atoms with Crippen LogP contribution in [0.5, 0.6) is 0 Å². The van der Waals surface area contributed by atoms with Crippen LogP contribution >= 0.6 is 11.6 Å². The summed E-state index contributed by atoms with van der Waals surface area (Å²) in [5.41, 5.74) is 2.22. The number of hydrogen-bond acceptors (Lipinski definition) is 3. The van der Waals surface area contributed by atoms with Crippen molar-refractivity contribution in [1.82, 2.24) is 14.8 Å². The van der Waals surface area contributed by atoms with E-state index in [1.54, 1.807) is 7.11 Å².